The van der Waals surface area contributed by atoms with E-state index in [4.69, 9.17) is 28.2 Å². The molecule has 0 aromatic heterocycles. The van der Waals surface area contributed by atoms with Crippen LogP contribution in [0.2, 0.25) is 10.0 Å². The van der Waals surface area contributed by atoms with Gasteiger partial charge in [0.05, 0.1) is 5.71 Å². The first-order valence-corrected chi connectivity index (χ1v) is 12.5. The van der Waals surface area contributed by atoms with Crippen LogP contribution in [0.3, 0.4) is 0 Å². The monoisotopic (exact) mass is 520 g/mol. The molecule has 186 valence electrons. The van der Waals surface area contributed by atoms with Crippen molar-refractivity contribution in [1.82, 2.24) is 4.90 Å². The van der Waals surface area contributed by atoms with E-state index < -0.39 is 18.1 Å². The van der Waals surface area contributed by atoms with Gasteiger partial charge in [0.1, 0.15) is 0 Å². The van der Waals surface area contributed by atoms with Crippen LogP contribution in [0, 0.1) is 0 Å². The Balaban J connectivity index is 2.10. The van der Waals surface area contributed by atoms with E-state index in [2.05, 4.69) is 18.1 Å². The standard InChI is InChI=1S/C30H30Cl2N2O2/c1-3-20-34(21-4-2)27(19-10-22-8-6-5-7-9-22)29(30(35)36)33-28(23-11-15-25(31)16-12-23)24-13-17-26(32)18-14-24/h3-9,11-18,27,29H,1-2,10,19-21H2,(H,35,36). The van der Waals surface area contributed by atoms with Crippen LogP contribution in [-0.2, 0) is 11.2 Å². The van der Waals surface area contributed by atoms with Gasteiger partial charge in [0, 0.05) is 40.3 Å². The van der Waals surface area contributed by atoms with Crippen LogP contribution in [0.1, 0.15) is 23.1 Å². The van der Waals surface area contributed by atoms with E-state index in [0.717, 1.165) is 16.7 Å². The van der Waals surface area contributed by atoms with Crippen molar-refractivity contribution in [3.8, 4) is 0 Å². The highest BCUT2D eigenvalue weighted by Gasteiger charge is 2.32. The molecule has 0 aliphatic carbocycles. The fraction of sp³-hybridized carbons (Fsp3) is 0.200. The third kappa shape index (κ3) is 7.66. The zero-order valence-electron chi connectivity index (χ0n) is 20.1. The molecule has 1 N–H and O–H groups in total. The summed E-state index contributed by atoms with van der Waals surface area (Å²) in [4.78, 5) is 19.7. The smallest absolute Gasteiger partial charge is 0.330 e. The second-order valence-corrected chi connectivity index (χ2v) is 9.27. The molecule has 0 aliphatic rings. The number of halogens is 2. The number of carboxylic acids is 1. The lowest BCUT2D eigenvalue weighted by Gasteiger charge is -2.33. The number of rotatable bonds is 13. The largest absolute Gasteiger partial charge is 0.480 e. The molecule has 0 saturated carbocycles. The molecule has 36 heavy (non-hydrogen) atoms. The third-order valence-corrected chi connectivity index (χ3v) is 6.39. The first-order chi connectivity index (χ1) is 17.4. The lowest BCUT2D eigenvalue weighted by Crippen LogP contribution is -2.47. The lowest BCUT2D eigenvalue weighted by molar-refractivity contribution is -0.140. The summed E-state index contributed by atoms with van der Waals surface area (Å²) < 4.78 is 0. The zero-order chi connectivity index (χ0) is 25.9. The van der Waals surface area contributed by atoms with Gasteiger partial charge in [0.2, 0.25) is 0 Å². The number of aryl methyl sites for hydroxylation is 1. The number of benzene rings is 3. The number of nitrogens with zero attached hydrogens (tertiary/aromatic N) is 2. The minimum Gasteiger partial charge on any atom is -0.480 e. The number of hydrogen-bond donors (Lipinski definition) is 1. The van der Waals surface area contributed by atoms with E-state index >= 15 is 0 Å². The molecule has 0 bridgehead atoms. The number of hydrogen-bond acceptors (Lipinski definition) is 3. The molecule has 0 saturated heterocycles. The van der Waals surface area contributed by atoms with E-state index in [1.165, 1.54) is 0 Å². The summed E-state index contributed by atoms with van der Waals surface area (Å²) >= 11 is 12.2. The lowest BCUT2D eigenvalue weighted by atomic mass is 9.96. The van der Waals surface area contributed by atoms with Crippen LogP contribution in [-0.4, -0.2) is 46.9 Å². The Bertz CT molecular complexity index is 1120. The average molecular weight is 521 g/mol. The minimum absolute atomic E-state index is 0.395. The van der Waals surface area contributed by atoms with Gasteiger partial charge in [-0.3, -0.25) is 9.89 Å². The Morgan fingerprint density at radius 2 is 1.36 bits per heavy atom. The van der Waals surface area contributed by atoms with Crippen molar-refractivity contribution < 1.29 is 9.90 Å². The Kier molecular flexibility index (Phi) is 10.5. The molecule has 3 aromatic rings. The van der Waals surface area contributed by atoms with Crippen molar-refractivity contribution in [1.29, 1.82) is 0 Å². The van der Waals surface area contributed by atoms with Gasteiger partial charge in [-0.15, -0.1) is 13.2 Å². The molecule has 0 spiro atoms. The molecular weight excluding hydrogens is 491 g/mol. The Morgan fingerprint density at radius 1 is 0.861 bits per heavy atom. The SMILES string of the molecule is C=CCN(CC=C)C(CCc1ccccc1)C(N=C(c1ccc(Cl)cc1)c1ccc(Cl)cc1)C(=O)O. The quantitative estimate of drug-likeness (QED) is 0.195. The highest BCUT2D eigenvalue weighted by Crippen LogP contribution is 2.22. The molecule has 0 radical (unpaired) electrons. The van der Waals surface area contributed by atoms with E-state index in [1.807, 2.05) is 54.6 Å². The molecule has 3 rings (SSSR count). The molecule has 4 nitrogen and oxygen atoms in total. The predicted octanol–water partition coefficient (Wildman–Crippen LogP) is 6.96. The number of carbonyl (C=O) groups is 1. The molecule has 2 unspecified atom stereocenters. The summed E-state index contributed by atoms with van der Waals surface area (Å²) in [5.74, 6) is -0.994. The molecule has 3 aromatic carbocycles. The topological polar surface area (TPSA) is 52.9 Å². The molecule has 0 fully saturated rings. The highest BCUT2D eigenvalue weighted by molar-refractivity contribution is 6.31. The fourth-order valence-corrected chi connectivity index (χ4v) is 4.40. The van der Waals surface area contributed by atoms with E-state index in [0.29, 0.717) is 41.7 Å². The van der Waals surface area contributed by atoms with Crippen molar-refractivity contribution in [3.05, 3.63) is 131 Å². The van der Waals surface area contributed by atoms with Crippen LogP contribution in [0.25, 0.3) is 0 Å². The van der Waals surface area contributed by atoms with E-state index in [1.54, 1.807) is 36.4 Å². The van der Waals surface area contributed by atoms with Gasteiger partial charge in [-0.05, 0) is 42.7 Å². The summed E-state index contributed by atoms with van der Waals surface area (Å²) in [5, 5.41) is 11.6. The molecule has 2 atom stereocenters. The number of aliphatic imine (C=N–C) groups is 1. The third-order valence-electron chi connectivity index (χ3n) is 5.89. The van der Waals surface area contributed by atoms with Gasteiger partial charge in [0.15, 0.2) is 6.04 Å². The molecular formula is C30H30Cl2N2O2. The summed E-state index contributed by atoms with van der Waals surface area (Å²) in [6.45, 7) is 8.78. The predicted molar refractivity (Wildman–Crippen MR) is 150 cm³/mol. The van der Waals surface area contributed by atoms with Gasteiger partial charge >= 0.3 is 5.97 Å². The van der Waals surface area contributed by atoms with Crippen LogP contribution in [0.4, 0.5) is 0 Å². The Morgan fingerprint density at radius 3 is 1.81 bits per heavy atom. The van der Waals surface area contributed by atoms with Gasteiger partial charge in [-0.2, -0.15) is 0 Å². The minimum atomic E-state index is -1.03. The zero-order valence-corrected chi connectivity index (χ0v) is 21.6. The Labute approximate surface area is 223 Å². The normalized spacial score (nSPS) is 12.5. The first kappa shape index (κ1) is 27.4. The summed E-state index contributed by atoms with van der Waals surface area (Å²) in [6.07, 6.45) is 4.87. The fourth-order valence-electron chi connectivity index (χ4n) is 4.15. The molecule has 0 aliphatic heterocycles. The van der Waals surface area contributed by atoms with Crippen molar-refractivity contribution in [3.63, 3.8) is 0 Å². The Hall–Kier alpha value is -3.18. The van der Waals surface area contributed by atoms with Crippen LogP contribution in [0.15, 0.2) is 109 Å². The molecule has 6 heteroatoms. The summed E-state index contributed by atoms with van der Waals surface area (Å²) in [5.41, 5.74) is 3.25. The van der Waals surface area contributed by atoms with Gasteiger partial charge in [-0.1, -0.05) is 90.0 Å². The van der Waals surface area contributed by atoms with Crippen LogP contribution >= 0.6 is 23.2 Å². The highest BCUT2D eigenvalue weighted by atomic mass is 35.5. The van der Waals surface area contributed by atoms with Gasteiger partial charge < -0.3 is 5.11 Å². The second kappa shape index (κ2) is 13.8. The van der Waals surface area contributed by atoms with Crippen molar-refractivity contribution in [2.24, 2.45) is 4.99 Å². The first-order valence-electron chi connectivity index (χ1n) is 11.7. The second-order valence-electron chi connectivity index (χ2n) is 8.40. The van der Waals surface area contributed by atoms with Crippen molar-refractivity contribution >= 4 is 34.9 Å². The van der Waals surface area contributed by atoms with E-state index in [9.17, 15) is 9.90 Å². The van der Waals surface area contributed by atoms with Crippen molar-refractivity contribution in [2.45, 2.75) is 24.9 Å². The molecule has 0 heterocycles. The van der Waals surface area contributed by atoms with Crippen LogP contribution < -0.4 is 0 Å². The molecule has 0 amide bonds. The average Bonchev–Trinajstić information content (AvgIpc) is 2.88. The summed E-state index contributed by atoms with van der Waals surface area (Å²) in [7, 11) is 0. The maximum Gasteiger partial charge on any atom is 0.330 e. The van der Waals surface area contributed by atoms with Gasteiger partial charge in [-0.25, -0.2) is 4.79 Å². The summed E-state index contributed by atoms with van der Waals surface area (Å²) in [6, 6.07) is 23.1. The number of aliphatic carboxylic acids is 1. The van der Waals surface area contributed by atoms with E-state index in [-0.39, 0.29) is 0 Å². The van der Waals surface area contributed by atoms with Crippen molar-refractivity contribution in [2.75, 3.05) is 13.1 Å². The van der Waals surface area contributed by atoms with Gasteiger partial charge in [0.25, 0.3) is 0 Å². The maximum absolute atomic E-state index is 12.7. The van der Waals surface area contributed by atoms with Crippen LogP contribution in [0.5, 0.6) is 0 Å². The maximum atomic E-state index is 12.7. The number of carboxylic acid groups (broad SMARTS) is 1.